The van der Waals surface area contributed by atoms with Crippen molar-refractivity contribution in [1.29, 1.82) is 0 Å². The number of likely N-dealkylation sites (tertiary alicyclic amines) is 2. The lowest BCUT2D eigenvalue weighted by Crippen LogP contribution is -2.48. The van der Waals surface area contributed by atoms with Gasteiger partial charge in [0.25, 0.3) is 0 Å². The molecular weight excluding hydrogens is 300 g/mol. The Bertz CT molecular complexity index is 502. The van der Waals surface area contributed by atoms with E-state index in [0.29, 0.717) is 11.3 Å². The second-order valence-electron chi connectivity index (χ2n) is 8.24. The molecule has 1 atom stereocenters. The van der Waals surface area contributed by atoms with Crippen molar-refractivity contribution in [1.82, 2.24) is 9.80 Å². The molecule has 24 heavy (non-hydrogen) atoms. The van der Waals surface area contributed by atoms with Crippen molar-refractivity contribution in [2.75, 3.05) is 39.9 Å². The number of ether oxygens (including phenoxy) is 1. The first-order valence-electron chi connectivity index (χ1n) is 9.77. The van der Waals surface area contributed by atoms with Crippen molar-refractivity contribution in [3.8, 4) is 0 Å². The molecule has 1 aromatic rings. The summed E-state index contributed by atoms with van der Waals surface area (Å²) in [6, 6.07) is 4.97. The smallest absolute Gasteiger partial charge is 0.117 e. The van der Waals surface area contributed by atoms with Crippen molar-refractivity contribution in [2.24, 2.45) is 11.3 Å². The zero-order chi connectivity index (χ0) is 16.4. The van der Waals surface area contributed by atoms with Crippen LogP contribution in [0.4, 0.5) is 0 Å². The average Bonchev–Trinajstić information content (AvgIpc) is 3.33. The third kappa shape index (κ3) is 3.29. The first kappa shape index (κ1) is 16.6. The van der Waals surface area contributed by atoms with Crippen molar-refractivity contribution >= 4 is 0 Å². The third-order valence-corrected chi connectivity index (χ3v) is 6.85. The van der Waals surface area contributed by atoms with Crippen LogP contribution in [0.5, 0.6) is 0 Å². The lowest BCUT2D eigenvalue weighted by Gasteiger charge is -2.44. The van der Waals surface area contributed by atoms with Crippen LogP contribution in [0, 0.1) is 11.3 Å². The maximum atomic E-state index is 5.60. The minimum absolute atomic E-state index is 0.456. The Balaban J connectivity index is 1.40. The molecule has 2 saturated heterocycles. The molecule has 0 radical (unpaired) electrons. The summed E-state index contributed by atoms with van der Waals surface area (Å²) in [7, 11) is 1.86. The summed E-state index contributed by atoms with van der Waals surface area (Å²) in [4.78, 5) is 5.38. The number of nitrogens with zero attached hydrogens (tertiary/aromatic N) is 2. The molecule has 0 aromatic carbocycles. The van der Waals surface area contributed by atoms with E-state index in [1.165, 1.54) is 58.2 Å². The van der Waals surface area contributed by atoms with Gasteiger partial charge in [0.1, 0.15) is 5.76 Å². The minimum Gasteiger partial charge on any atom is -0.468 e. The molecule has 3 fully saturated rings. The predicted octanol–water partition coefficient (Wildman–Crippen LogP) is 3.38. The molecule has 0 bridgehead atoms. The molecular formula is C20H32N2O2. The van der Waals surface area contributed by atoms with Crippen LogP contribution in [0.15, 0.2) is 22.8 Å². The summed E-state index contributed by atoms with van der Waals surface area (Å²) >= 11 is 0. The fraction of sp³-hybridized carbons (Fsp3) is 0.800. The molecule has 1 aromatic heterocycles. The summed E-state index contributed by atoms with van der Waals surface area (Å²) in [5.74, 6) is 1.76. The molecule has 1 aliphatic carbocycles. The van der Waals surface area contributed by atoms with Gasteiger partial charge in [0, 0.05) is 32.2 Å². The molecule has 2 aliphatic heterocycles. The van der Waals surface area contributed by atoms with Gasteiger partial charge in [-0.25, -0.2) is 0 Å². The van der Waals surface area contributed by atoms with Crippen molar-refractivity contribution in [3.63, 3.8) is 0 Å². The van der Waals surface area contributed by atoms with E-state index >= 15 is 0 Å². The molecule has 0 unspecified atom stereocenters. The number of hydrogen-bond acceptors (Lipinski definition) is 4. The van der Waals surface area contributed by atoms with Crippen LogP contribution in [0.25, 0.3) is 0 Å². The Morgan fingerprint density at radius 3 is 2.71 bits per heavy atom. The summed E-state index contributed by atoms with van der Waals surface area (Å²) in [6.07, 6.45) is 10.2. The minimum atomic E-state index is 0.456. The van der Waals surface area contributed by atoms with Gasteiger partial charge in [-0.15, -0.1) is 0 Å². The zero-order valence-electron chi connectivity index (χ0n) is 15.1. The molecule has 134 valence electrons. The third-order valence-electron chi connectivity index (χ3n) is 6.85. The summed E-state index contributed by atoms with van der Waals surface area (Å²) < 4.78 is 11.2. The van der Waals surface area contributed by atoms with Gasteiger partial charge < -0.3 is 14.1 Å². The van der Waals surface area contributed by atoms with E-state index in [2.05, 4.69) is 15.9 Å². The first-order valence-corrected chi connectivity index (χ1v) is 9.77. The standard InChI is InChI=1S/C20H32N2O2/c1-23-15-17-13-21(14-19-7-4-12-24-19)16-20(17)8-10-22(11-9-20)18-5-2-3-6-18/h4,7,12,17-18H,2-3,5-6,8-11,13-16H2,1H3/t17-/m0/s1. The topological polar surface area (TPSA) is 28.9 Å². The second kappa shape index (κ2) is 7.19. The van der Waals surface area contributed by atoms with E-state index in [-0.39, 0.29) is 0 Å². The van der Waals surface area contributed by atoms with E-state index in [9.17, 15) is 0 Å². The first-order chi connectivity index (χ1) is 11.8. The molecule has 0 N–H and O–H groups in total. The number of methoxy groups -OCH3 is 1. The number of hydrogen-bond donors (Lipinski definition) is 0. The van der Waals surface area contributed by atoms with Crippen LogP contribution in [0.3, 0.4) is 0 Å². The van der Waals surface area contributed by atoms with E-state index in [1.54, 1.807) is 6.26 Å². The monoisotopic (exact) mass is 332 g/mol. The van der Waals surface area contributed by atoms with Crippen LogP contribution in [-0.2, 0) is 11.3 Å². The van der Waals surface area contributed by atoms with Gasteiger partial charge >= 0.3 is 0 Å². The average molecular weight is 332 g/mol. The summed E-state index contributed by atoms with van der Waals surface area (Å²) in [6.45, 7) is 6.79. The summed E-state index contributed by atoms with van der Waals surface area (Å²) in [5, 5.41) is 0. The Labute approximate surface area is 146 Å². The Hall–Kier alpha value is -0.840. The van der Waals surface area contributed by atoms with Crippen molar-refractivity contribution in [2.45, 2.75) is 51.1 Å². The normalized spacial score (nSPS) is 29.0. The second-order valence-corrected chi connectivity index (χ2v) is 8.24. The van der Waals surface area contributed by atoms with Gasteiger partial charge in [-0.2, -0.15) is 0 Å². The number of rotatable bonds is 5. The predicted molar refractivity (Wildman–Crippen MR) is 94.8 cm³/mol. The molecule has 4 rings (SSSR count). The van der Waals surface area contributed by atoms with E-state index < -0.39 is 0 Å². The fourth-order valence-corrected chi connectivity index (χ4v) is 5.49. The van der Waals surface area contributed by atoms with Crippen LogP contribution >= 0.6 is 0 Å². The zero-order valence-corrected chi connectivity index (χ0v) is 15.1. The Morgan fingerprint density at radius 1 is 1.25 bits per heavy atom. The van der Waals surface area contributed by atoms with Gasteiger partial charge in [0.05, 0.1) is 19.4 Å². The lowest BCUT2D eigenvalue weighted by molar-refractivity contribution is 0.0238. The maximum Gasteiger partial charge on any atom is 0.117 e. The van der Waals surface area contributed by atoms with Gasteiger partial charge in [0.2, 0.25) is 0 Å². The van der Waals surface area contributed by atoms with Crippen molar-refractivity contribution in [3.05, 3.63) is 24.2 Å². The van der Waals surface area contributed by atoms with Gasteiger partial charge in [-0.1, -0.05) is 12.8 Å². The van der Waals surface area contributed by atoms with E-state index in [4.69, 9.17) is 9.15 Å². The van der Waals surface area contributed by atoms with Crippen LogP contribution in [-0.4, -0.2) is 55.7 Å². The Morgan fingerprint density at radius 2 is 2.04 bits per heavy atom. The highest BCUT2D eigenvalue weighted by atomic mass is 16.5. The molecule has 4 heteroatoms. The van der Waals surface area contributed by atoms with Gasteiger partial charge in [0.15, 0.2) is 0 Å². The van der Waals surface area contributed by atoms with E-state index in [0.717, 1.165) is 31.5 Å². The lowest BCUT2D eigenvalue weighted by atomic mass is 9.71. The quantitative estimate of drug-likeness (QED) is 0.826. The van der Waals surface area contributed by atoms with E-state index in [1.807, 2.05) is 13.2 Å². The molecule has 1 spiro atoms. The molecule has 4 nitrogen and oxygen atoms in total. The van der Waals surface area contributed by atoms with Crippen molar-refractivity contribution < 1.29 is 9.15 Å². The van der Waals surface area contributed by atoms with Crippen LogP contribution in [0.1, 0.15) is 44.3 Å². The maximum absolute atomic E-state index is 5.60. The molecule has 1 saturated carbocycles. The highest BCUT2D eigenvalue weighted by Crippen LogP contribution is 2.46. The van der Waals surface area contributed by atoms with Crippen LogP contribution < -0.4 is 0 Å². The highest BCUT2D eigenvalue weighted by Gasteiger charge is 2.48. The van der Waals surface area contributed by atoms with Gasteiger partial charge in [-0.3, -0.25) is 4.90 Å². The fourth-order valence-electron chi connectivity index (χ4n) is 5.49. The van der Waals surface area contributed by atoms with Crippen LogP contribution in [0.2, 0.25) is 0 Å². The summed E-state index contributed by atoms with van der Waals surface area (Å²) in [5.41, 5.74) is 0.456. The molecule has 3 aliphatic rings. The largest absolute Gasteiger partial charge is 0.468 e. The highest BCUT2D eigenvalue weighted by molar-refractivity contribution is 5.04. The Kier molecular flexibility index (Phi) is 4.98. The molecule has 3 heterocycles. The van der Waals surface area contributed by atoms with Gasteiger partial charge in [-0.05, 0) is 56.3 Å². The molecule has 0 amide bonds. The SMILES string of the molecule is COC[C@@H]1CN(Cc2ccco2)CC12CCN(C1CCCC1)CC2. The number of piperidine rings is 1. The number of furan rings is 1.